The van der Waals surface area contributed by atoms with Crippen molar-refractivity contribution >= 4 is 22.8 Å². The highest BCUT2D eigenvalue weighted by molar-refractivity contribution is 5.77. The Bertz CT molecular complexity index is 624. The third-order valence-electron chi connectivity index (χ3n) is 3.27. The molecule has 19 heavy (non-hydrogen) atoms. The first kappa shape index (κ1) is 11.9. The standard InChI is InChI=1S/C12H13N3O4/c1-7-9(4-5-18-7)13-12-14-10-6-8(15(16)17)2-3-11(10)19-12/h2-3,6-7,9H,4-5H2,1H3,(H,13,14). The lowest BCUT2D eigenvalue weighted by molar-refractivity contribution is -0.384. The Kier molecular flexibility index (Phi) is 2.83. The summed E-state index contributed by atoms with van der Waals surface area (Å²) in [6, 6.07) is 4.89. The van der Waals surface area contributed by atoms with Crippen LogP contribution in [-0.4, -0.2) is 28.7 Å². The van der Waals surface area contributed by atoms with Crippen LogP contribution in [0.1, 0.15) is 13.3 Å². The summed E-state index contributed by atoms with van der Waals surface area (Å²) in [5, 5.41) is 13.8. The van der Waals surface area contributed by atoms with Crippen LogP contribution in [0.25, 0.3) is 11.1 Å². The first-order chi connectivity index (χ1) is 9.13. The molecule has 0 bridgehead atoms. The molecule has 100 valence electrons. The fourth-order valence-corrected chi connectivity index (χ4v) is 2.17. The number of anilines is 1. The van der Waals surface area contributed by atoms with E-state index in [0.717, 1.165) is 6.42 Å². The third kappa shape index (κ3) is 2.24. The second kappa shape index (κ2) is 4.51. The summed E-state index contributed by atoms with van der Waals surface area (Å²) in [7, 11) is 0. The van der Waals surface area contributed by atoms with Gasteiger partial charge < -0.3 is 14.5 Å². The van der Waals surface area contributed by atoms with Crippen molar-refractivity contribution < 1.29 is 14.1 Å². The molecule has 1 aliphatic rings. The predicted octanol–water partition coefficient (Wildman–Crippen LogP) is 2.33. The number of hydrogen-bond donors (Lipinski definition) is 1. The summed E-state index contributed by atoms with van der Waals surface area (Å²) in [4.78, 5) is 14.5. The van der Waals surface area contributed by atoms with E-state index in [1.165, 1.54) is 12.1 Å². The van der Waals surface area contributed by atoms with Crippen molar-refractivity contribution in [1.29, 1.82) is 0 Å². The van der Waals surface area contributed by atoms with Crippen molar-refractivity contribution in [2.45, 2.75) is 25.5 Å². The average molecular weight is 263 g/mol. The van der Waals surface area contributed by atoms with Crippen LogP contribution >= 0.6 is 0 Å². The molecule has 1 aromatic heterocycles. The maximum absolute atomic E-state index is 10.7. The number of rotatable bonds is 3. The van der Waals surface area contributed by atoms with Crippen molar-refractivity contribution in [1.82, 2.24) is 4.98 Å². The topological polar surface area (TPSA) is 90.4 Å². The fourth-order valence-electron chi connectivity index (χ4n) is 2.17. The van der Waals surface area contributed by atoms with Gasteiger partial charge in [0.05, 0.1) is 17.1 Å². The SMILES string of the molecule is CC1OCCC1Nc1nc2cc([N+](=O)[O-])ccc2o1. The number of nitrogens with zero attached hydrogens (tertiary/aromatic N) is 2. The van der Waals surface area contributed by atoms with Crippen LogP contribution in [0.4, 0.5) is 11.7 Å². The maximum Gasteiger partial charge on any atom is 0.296 e. The molecule has 1 saturated heterocycles. The van der Waals surface area contributed by atoms with Crippen LogP contribution in [0.2, 0.25) is 0 Å². The molecule has 2 atom stereocenters. The molecule has 7 heteroatoms. The molecule has 2 unspecified atom stereocenters. The van der Waals surface area contributed by atoms with E-state index >= 15 is 0 Å². The number of nitrogens with one attached hydrogen (secondary N) is 1. The molecule has 1 aromatic carbocycles. The molecule has 1 N–H and O–H groups in total. The van der Waals surface area contributed by atoms with Crippen molar-refractivity contribution in [2.24, 2.45) is 0 Å². The Morgan fingerprint density at radius 2 is 2.37 bits per heavy atom. The van der Waals surface area contributed by atoms with Gasteiger partial charge in [-0.2, -0.15) is 4.98 Å². The van der Waals surface area contributed by atoms with Gasteiger partial charge in [0.1, 0.15) is 5.52 Å². The molecule has 0 amide bonds. The highest BCUT2D eigenvalue weighted by atomic mass is 16.6. The number of nitro groups is 1. The number of oxazole rings is 1. The summed E-state index contributed by atoms with van der Waals surface area (Å²) in [5.41, 5.74) is 1.01. The number of aromatic nitrogens is 1. The van der Waals surface area contributed by atoms with Crippen LogP contribution in [0, 0.1) is 10.1 Å². The van der Waals surface area contributed by atoms with Gasteiger partial charge in [0.15, 0.2) is 5.58 Å². The van der Waals surface area contributed by atoms with E-state index < -0.39 is 4.92 Å². The summed E-state index contributed by atoms with van der Waals surface area (Å²) < 4.78 is 11.0. The number of hydrogen-bond acceptors (Lipinski definition) is 6. The molecule has 3 rings (SSSR count). The molecule has 2 heterocycles. The smallest absolute Gasteiger partial charge is 0.296 e. The second-order valence-electron chi connectivity index (χ2n) is 4.54. The van der Waals surface area contributed by atoms with E-state index in [-0.39, 0.29) is 17.8 Å². The summed E-state index contributed by atoms with van der Waals surface area (Å²) in [6.07, 6.45) is 0.990. The predicted molar refractivity (Wildman–Crippen MR) is 68.1 cm³/mol. The Morgan fingerprint density at radius 3 is 3.05 bits per heavy atom. The monoisotopic (exact) mass is 263 g/mol. The highest BCUT2D eigenvalue weighted by Gasteiger charge is 2.25. The Morgan fingerprint density at radius 1 is 1.53 bits per heavy atom. The van der Waals surface area contributed by atoms with Crippen molar-refractivity contribution in [2.75, 3.05) is 11.9 Å². The third-order valence-corrected chi connectivity index (χ3v) is 3.27. The van der Waals surface area contributed by atoms with Gasteiger partial charge in [-0.3, -0.25) is 10.1 Å². The lowest BCUT2D eigenvalue weighted by Gasteiger charge is -2.13. The van der Waals surface area contributed by atoms with E-state index in [9.17, 15) is 10.1 Å². The van der Waals surface area contributed by atoms with E-state index in [2.05, 4.69) is 10.3 Å². The molecule has 0 saturated carbocycles. The van der Waals surface area contributed by atoms with Gasteiger partial charge in [0.25, 0.3) is 11.7 Å². The molecular formula is C12H13N3O4. The summed E-state index contributed by atoms with van der Waals surface area (Å²) in [5.74, 6) is 0. The molecule has 1 fully saturated rings. The Hall–Kier alpha value is -2.15. The zero-order chi connectivity index (χ0) is 13.4. The molecule has 0 spiro atoms. The Labute approximate surface area is 108 Å². The van der Waals surface area contributed by atoms with Gasteiger partial charge in [-0.05, 0) is 19.4 Å². The number of fused-ring (bicyclic) bond motifs is 1. The minimum Gasteiger partial charge on any atom is -0.424 e. The molecule has 2 aromatic rings. The molecule has 7 nitrogen and oxygen atoms in total. The molecule has 0 aliphatic carbocycles. The van der Waals surface area contributed by atoms with Crippen LogP contribution in [0.5, 0.6) is 0 Å². The van der Waals surface area contributed by atoms with Crippen molar-refractivity contribution in [3.63, 3.8) is 0 Å². The average Bonchev–Trinajstić information content (AvgIpc) is 2.95. The van der Waals surface area contributed by atoms with Crippen LogP contribution < -0.4 is 5.32 Å². The Balaban J connectivity index is 1.87. The van der Waals surface area contributed by atoms with E-state index in [1.54, 1.807) is 6.07 Å². The zero-order valence-electron chi connectivity index (χ0n) is 10.3. The van der Waals surface area contributed by atoms with Gasteiger partial charge >= 0.3 is 0 Å². The minimum absolute atomic E-state index is 0.00455. The number of nitro benzene ring substituents is 1. The van der Waals surface area contributed by atoms with Gasteiger partial charge in [-0.15, -0.1) is 0 Å². The van der Waals surface area contributed by atoms with Crippen LogP contribution in [0.3, 0.4) is 0 Å². The number of non-ortho nitro benzene ring substituents is 1. The van der Waals surface area contributed by atoms with Crippen molar-refractivity contribution in [3.05, 3.63) is 28.3 Å². The van der Waals surface area contributed by atoms with Crippen LogP contribution in [0.15, 0.2) is 22.6 Å². The second-order valence-corrected chi connectivity index (χ2v) is 4.54. The molecule has 0 radical (unpaired) electrons. The molecule has 1 aliphatic heterocycles. The van der Waals surface area contributed by atoms with Gasteiger partial charge in [0, 0.05) is 18.7 Å². The summed E-state index contributed by atoms with van der Waals surface area (Å²) >= 11 is 0. The molecular weight excluding hydrogens is 250 g/mol. The minimum atomic E-state index is -0.450. The van der Waals surface area contributed by atoms with Crippen molar-refractivity contribution in [3.8, 4) is 0 Å². The van der Waals surface area contributed by atoms with Gasteiger partial charge in [0.2, 0.25) is 0 Å². The van der Waals surface area contributed by atoms with Crippen LogP contribution in [-0.2, 0) is 4.74 Å². The van der Waals surface area contributed by atoms with Gasteiger partial charge in [-0.1, -0.05) is 0 Å². The highest BCUT2D eigenvalue weighted by Crippen LogP contribution is 2.25. The lowest BCUT2D eigenvalue weighted by atomic mass is 10.2. The number of ether oxygens (including phenoxy) is 1. The maximum atomic E-state index is 10.7. The fraction of sp³-hybridized carbons (Fsp3) is 0.417. The van der Waals surface area contributed by atoms with E-state index in [4.69, 9.17) is 9.15 Å². The largest absolute Gasteiger partial charge is 0.424 e. The number of benzene rings is 1. The van der Waals surface area contributed by atoms with Gasteiger partial charge in [-0.25, -0.2) is 0 Å². The first-order valence-corrected chi connectivity index (χ1v) is 6.06. The lowest BCUT2D eigenvalue weighted by Crippen LogP contribution is -2.26. The normalized spacial score (nSPS) is 22.8. The van der Waals surface area contributed by atoms with E-state index in [1.807, 2.05) is 6.92 Å². The quantitative estimate of drug-likeness (QED) is 0.675. The zero-order valence-corrected chi connectivity index (χ0v) is 10.3. The first-order valence-electron chi connectivity index (χ1n) is 6.06. The van der Waals surface area contributed by atoms with E-state index in [0.29, 0.717) is 23.7 Å². The summed E-state index contributed by atoms with van der Waals surface area (Å²) in [6.45, 7) is 2.70.